The number of hydrogen-bond donors (Lipinski definition) is 0. The molecular formula is C54H34. The van der Waals surface area contributed by atoms with Gasteiger partial charge in [-0.2, -0.15) is 0 Å². The van der Waals surface area contributed by atoms with Gasteiger partial charge in [-0.3, -0.25) is 0 Å². The maximum atomic E-state index is 2.46. The fourth-order valence-corrected chi connectivity index (χ4v) is 9.06. The molecule has 0 heterocycles. The van der Waals surface area contributed by atoms with Gasteiger partial charge in [-0.05, 0) is 121 Å². The second kappa shape index (κ2) is 12.3. The van der Waals surface area contributed by atoms with Gasteiger partial charge in [0, 0.05) is 0 Å². The van der Waals surface area contributed by atoms with Gasteiger partial charge in [-0.15, -0.1) is 0 Å². The van der Waals surface area contributed by atoms with Crippen LogP contribution in [0.4, 0.5) is 0 Å². The first-order valence-corrected chi connectivity index (χ1v) is 18.8. The zero-order chi connectivity index (χ0) is 35.6. The lowest BCUT2D eigenvalue weighted by Crippen LogP contribution is -1.95. The molecule has 0 aliphatic heterocycles. The van der Waals surface area contributed by atoms with Crippen LogP contribution in [0.5, 0.6) is 0 Å². The Labute approximate surface area is 314 Å². The average molecular weight is 683 g/mol. The summed E-state index contributed by atoms with van der Waals surface area (Å²) in [6.07, 6.45) is 0. The molecule has 0 amide bonds. The molecule has 0 radical (unpaired) electrons. The van der Waals surface area contributed by atoms with Crippen LogP contribution in [0.1, 0.15) is 0 Å². The Kier molecular flexibility index (Phi) is 6.97. The molecule has 11 aromatic carbocycles. The molecule has 11 rings (SSSR count). The number of fused-ring (bicyclic) bond motifs is 7. The van der Waals surface area contributed by atoms with E-state index in [-0.39, 0.29) is 0 Å². The molecule has 0 spiro atoms. The van der Waals surface area contributed by atoms with Crippen LogP contribution >= 0.6 is 0 Å². The van der Waals surface area contributed by atoms with E-state index < -0.39 is 0 Å². The third kappa shape index (κ3) is 4.71. The molecule has 250 valence electrons. The monoisotopic (exact) mass is 682 g/mol. The summed E-state index contributed by atoms with van der Waals surface area (Å²) in [6.45, 7) is 0. The Morgan fingerprint density at radius 3 is 1.22 bits per heavy atom. The summed E-state index contributed by atoms with van der Waals surface area (Å²) >= 11 is 0. The van der Waals surface area contributed by atoms with Crippen molar-refractivity contribution >= 4 is 64.6 Å². The van der Waals surface area contributed by atoms with E-state index in [1.807, 2.05) is 0 Å². The zero-order valence-electron chi connectivity index (χ0n) is 29.6. The van der Waals surface area contributed by atoms with Gasteiger partial charge in [0.2, 0.25) is 0 Å². The minimum absolute atomic E-state index is 1.21. The molecule has 0 atom stereocenters. The molecule has 0 aliphatic carbocycles. The van der Waals surface area contributed by atoms with Gasteiger partial charge in [-0.25, -0.2) is 0 Å². The smallest absolute Gasteiger partial charge is 0.00199 e. The SMILES string of the molecule is c1ccc2c(-c3ccc(-c4cccc5ccccc45)c(-c4c5ccccc5c(-c5cc6ccccc6c6ccccc56)c5ccccc45)c3)cccc2c1. The fourth-order valence-electron chi connectivity index (χ4n) is 9.06. The molecule has 11 aromatic rings. The van der Waals surface area contributed by atoms with Crippen LogP contribution in [0.2, 0.25) is 0 Å². The molecule has 0 saturated heterocycles. The van der Waals surface area contributed by atoms with Crippen molar-refractivity contribution in [1.29, 1.82) is 0 Å². The first-order chi connectivity index (χ1) is 26.8. The normalized spacial score (nSPS) is 11.7. The highest BCUT2D eigenvalue weighted by Gasteiger charge is 2.22. The van der Waals surface area contributed by atoms with E-state index in [2.05, 4.69) is 206 Å². The molecule has 0 saturated carbocycles. The Morgan fingerprint density at radius 2 is 0.611 bits per heavy atom. The molecule has 54 heavy (non-hydrogen) atoms. The number of rotatable bonds is 4. The highest BCUT2D eigenvalue weighted by Crippen LogP contribution is 2.49. The van der Waals surface area contributed by atoms with Gasteiger partial charge in [0.1, 0.15) is 0 Å². The van der Waals surface area contributed by atoms with Gasteiger partial charge in [-0.1, -0.05) is 194 Å². The van der Waals surface area contributed by atoms with Crippen LogP contribution in [0.25, 0.3) is 109 Å². The molecule has 0 fully saturated rings. The second-order valence-electron chi connectivity index (χ2n) is 14.3. The van der Waals surface area contributed by atoms with E-state index >= 15 is 0 Å². The van der Waals surface area contributed by atoms with Gasteiger partial charge in [0.15, 0.2) is 0 Å². The highest BCUT2D eigenvalue weighted by atomic mass is 14.2. The van der Waals surface area contributed by atoms with Crippen LogP contribution in [-0.2, 0) is 0 Å². The van der Waals surface area contributed by atoms with Crippen molar-refractivity contribution in [3.63, 3.8) is 0 Å². The first kappa shape index (κ1) is 30.6. The summed E-state index contributed by atoms with van der Waals surface area (Å²) in [4.78, 5) is 0. The number of benzene rings is 11. The lowest BCUT2D eigenvalue weighted by atomic mass is 9.81. The van der Waals surface area contributed by atoms with Crippen molar-refractivity contribution in [2.45, 2.75) is 0 Å². The molecular weight excluding hydrogens is 649 g/mol. The number of hydrogen-bond acceptors (Lipinski definition) is 0. The summed E-state index contributed by atoms with van der Waals surface area (Å²) in [7, 11) is 0. The minimum Gasteiger partial charge on any atom is -0.0616 e. The summed E-state index contributed by atoms with van der Waals surface area (Å²) < 4.78 is 0. The van der Waals surface area contributed by atoms with E-state index in [9.17, 15) is 0 Å². The lowest BCUT2D eigenvalue weighted by molar-refractivity contribution is 1.61. The largest absolute Gasteiger partial charge is 0.0616 e. The summed E-state index contributed by atoms with van der Waals surface area (Å²) in [5.41, 5.74) is 9.97. The lowest BCUT2D eigenvalue weighted by Gasteiger charge is -2.22. The van der Waals surface area contributed by atoms with Gasteiger partial charge >= 0.3 is 0 Å². The molecule has 0 heteroatoms. The van der Waals surface area contributed by atoms with E-state index in [0.717, 1.165) is 0 Å². The highest BCUT2D eigenvalue weighted by molar-refractivity contribution is 6.26. The molecule has 0 unspecified atom stereocenters. The predicted molar refractivity (Wildman–Crippen MR) is 233 cm³/mol. The van der Waals surface area contributed by atoms with Gasteiger partial charge in [0.25, 0.3) is 0 Å². The Bertz CT molecular complexity index is 3210. The quantitative estimate of drug-likeness (QED) is 0.128. The van der Waals surface area contributed by atoms with E-state index in [0.29, 0.717) is 0 Å². The van der Waals surface area contributed by atoms with Crippen LogP contribution in [0, 0.1) is 0 Å². The molecule has 0 bridgehead atoms. The third-order valence-corrected chi connectivity index (χ3v) is 11.4. The van der Waals surface area contributed by atoms with Crippen molar-refractivity contribution in [2.75, 3.05) is 0 Å². The maximum Gasteiger partial charge on any atom is -0.00199 e. The van der Waals surface area contributed by atoms with Crippen molar-refractivity contribution in [3.05, 3.63) is 206 Å². The molecule has 0 N–H and O–H groups in total. The van der Waals surface area contributed by atoms with E-state index in [1.165, 1.54) is 109 Å². The van der Waals surface area contributed by atoms with Crippen LogP contribution < -0.4 is 0 Å². The van der Waals surface area contributed by atoms with Crippen molar-refractivity contribution in [3.8, 4) is 44.5 Å². The summed E-state index contributed by atoms with van der Waals surface area (Å²) in [5, 5.41) is 15.1. The third-order valence-electron chi connectivity index (χ3n) is 11.4. The average Bonchev–Trinajstić information content (AvgIpc) is 3.25. The van der Waals surface area contributed by atoms with Crippen molar-refractivity contribution in [2.24, 2.45) is 0 Å². The summed E-state index contributed by atoms with van der Waals surface area (Å²) in [6, 6.07) is 76.2. The topological polar surface area (TPSA) is 0 Å². The Morgan fingerprint density at radius 1 is 0.185 bits per heavy atom. The van der Waals surface area contributed by atoms with Gasteiger partial charge < -0.3 is 0 Å². The van der Waals surface area contributed by atoms with Crippen LogP contribution in [-0.4, -0.2) is 0 Å². The Balaban J connectivity index is 1.29. The van der Waals surface area contributed by atoms with Crippen LogP contribution in [0.15, 0.2) is 206 Å². The first-order valence-electron chi connectivity index (χ1n) is 18.8. The van der Waals surface area contributed by atoms with Crippen LogP contribution in [0.3, 0.4) is 0 Å². The van der Waals surface area contributed by atoms with E-state index in [4.69, 9.17) is 0 Å². The van der Waals surface area contributed by atoms with Crippen molar-refractivity contribution < 1.29 is 0 Å². The molecule has 0 aromatic heterocycles. The standard InChI is InChI=1S/C54H34/c1-4-20-39-35(15-1)18-13-29-41(39)38-31-32-46(44-30-14-19-36-16-2-5-21-40(36)44)52(34-38)54-49-27-11-9-25-47(49)53(48-26-10-12-28-50(48)54)51-33-37-17-3-6-22-42(37)43-23-7-8-24-45(43)51/h1-34H. The Hall–Kier alpha value is -7.02. The minimum atomic E-state index is 1.21. The molecule has 0 nitrogen and oxygen atoms in total. The molecule has 0 aliphatic rings. The van der Waals surface area contributed by atoms with Crippen molar-refractivity contribution in [1.82, 2.24) is 0 Å². The van der Waals surface area contributed by atoms with Gasteiger partial charge in [0.05, 0.1) is 0 Å². The zero-order valence-corrected chi connectivity index (χ0v) is 29.6. The maximum absolute atomic E-state index is 2.46. The fraction of sp³-hybridized carbons (Fsp3) is 0. The van der Waals surface area contributed by atoms with E-state index in [1.54, 1.807) is 0 Å². The predicted octanol–water partition coefficient (Wildman–Crippen LogP) is 15.3. The summed E-state index contributed by atoms with van der Waals surface area (Å²) in [5.74, 6) is 0. The second-order valence-corrected chi connectivity index (χ2v) is 14.3.